The zero-order valence-electron chi connectivity index (χ0n) is 18.6. The van der Waals surface area contributed by atoms with E-state index < -0.39 is 17.5 Å². The second kappa shape index (κ2) is 9.02. The Balaban J connectivity index is 1.21. The van der Waals surface area contributed by atoms with Crippen molar-refractivity contribution in [3.8, 4) is 5.75 Å². The third kappa shape index (κ3) is 4.12. The fraction of sp³-hybridized carbons (Fsp3) is 0.222. The van der Waals surface area contributed by atoms with Gasteiger partial charge in [-0.05, 0) is 60.2 Å². The molecule has 1 spiro atoms. The third-order valence-electron chi connectivity index (χ3n) is 6.34. The Hall–Kier alpha value is -4.13. The van der Waals surface area contributed by atoms with Crippen LogP contribution >= 0.6 is 0 Å². The molecule has 2 aliphatic rings. The summed E-state index contributed by atoms with van der Waals surface area (Å²) in [5.74, 6) is -0.138. The number of hydrogen-bond donors (Lipinski definition) is 2. The highest BCUT2D eigenvalue weighted by molar-refractivity contribution is 6.10. The molecular formula is C27H25N3O4. The topological polar surface area (TPSA) is 87.7 Å². The van der Waals surface area contributed by atoms with Crippen molar-refractivity contribution < 1.29 is 19.1 Å². The third-order valence-corrected chi connectivity index (χ3v) is 6.34. The van der Waals surface area contributed by atoms with Gasteiger partial charge in [0.25, 0.3) is 5.91 Å². The number of fused-ring (bicyclic) bond motifs is 2. The van der Waals surface area contributed by atoms with E-state index in [4.69, 9.17) is 4.74 Å². The molecule has 1 aliphatic carbocycles. The van der Waals surface area contributed by atoms with Crippen molar-refractivity contribution in [1.82, 2.24) is 10.2 Å². The number of carbonyl (C=O) groups is 3. The molecule has 1 fully saturated rings. The van der Waals surface area contributed by atoms with Gasteiger partial charge in [-0.1, -0.05) is 54.6 Å². The summed E-state index contributed by atoms with van der Waals surface area (Å²) in [5, 5.41) is 5.62. The van der Waals surface area contributed by atoms with Crippen LogP contribution in [-0.2, 0) is 28.2 Å². The molecule has 0 saturated carbocycles. The average molecular weight is 456 g/mol. The minimum atomic E-state index is -1.08. The van der Waals surface area contributed by atoms with Gasteiger partial charge in [0, 0.05) is 5.69 Å². The molecule has 2 N–H and O–H groups in total. The van der Waals surface area contributed by atoms with E-state index in [1.54, 1.807) is 24.3 Å². The number of rotatable bonds is 6. The lowest BCUT2D eigenvalue weighted by molar-refractivity contribution is -0.134. The van der Waals surface area contributed by atoms with Crippen LogP contribution in [0.5, 0.6) is 5.75 Å². The molecule has 4 amide bonds. The van der Waals surface area contributed by atoms with E-state index in [0.717, 1.165) is 34.4 Å². The lowest BCUT2D eigenvalue weighted by Crippen LogP contribution is -2.47. The summed E-state index contributed by atoms with van der Waals surface area (Å²) in [6, 6.07) is 23.9. The second-order valence-electron chi connectivity index (χ2n) is 8.58. The van der Waals surface area contributed by atoms with E-state index in [1.165, 1.54) is 0 Å². The zero-order valence-corrected chi connectivity index (χ0v) is 18.6. The van der Waals surface area contributed by atoms with Gasteiger partial charge in [-0.25, -0.2) is 4.79 Å². The fourth-order valence-electron chi connectivity index (χ4n) is 4.67. The van der Waals surface area contributed by atoms with Crippen molar-refractivity contribution in [2.45, 2.75) is 31.4 Å². The molecule has 0 bridgehead atoms. The standard InChI is InChI=1S/C27H25N3O4/c31-24(28-21-12-14-22(15-13-21)34-18-19-7-2-1-3-8-19)17-30-25(32)27(29-26(30)33)16-6-10-20-9-4-5-11-23(20)27/h1-5,7-9,11-15H,6,10,16-18H2,(H,28,31)(H,29,33). The number of nitrogens with one attached hydrogen (secondary N) is 2. The number of aryl methyl sites for hydroxylation is 1. The van der Waals surface area contributed by atoms with Gasteiger partial charge in [-0.2, -0.15) is 0 Å². The minimum absolute atomic E-state index is 0.346. The summed E-state index contributed by atoms with van der Waals surface area (Å²) < 4.78 is 5.76. The van der Waals surface area contributed by atoms with Crippen LogP contribution < -0.4 is 15.4 Å². The Bertz CT molecular complexity index is 1230. The van der Waals surface area contributed by atoms with Gasteiger partial charge < -0.3 is 15.4 Å². The van der Waals surface area contributed by atoms with E-state index in [1.807, 2.05) is 54.6 Å². The number of hydrogen-bond acceptors (Lipinski definition) is 4. The largest absolute Gasteiger partial charge is 0.489 e. The lowest BCUT2D eigenvalue weighted by Gasteiger charge is -2.33. The van der Waals surface area contributed by atoms with Gasteiger partial charge in [-0.3, -0.25) is 14.5 Å². The first-order valence-electron chi connectivity index (χ1n) is 11.3. The highest BCUT2D eigenvalue weighted by Crippen LogP contribution is 2.39. The zero-order chi connectivity index (χ0) is 23.5. The predicted octanol–water partition coefficient (Wildman–Crippen LogP) is 3.99. The van der Waals surface area contributed by atoms with Gasteiger partial charge in [0.05, 0.1) is 0 Å². The van der Waals surface area contributed by atoms with Gasteiger partial charge >= 0.3 is 6.03 Å². The van der Waals surface area contributed by atoms with Crippen molar-refractivity contribution in [3.63, 3.8) is 0 Å². The molecule has 5 rings (SSSR count). The molecular weight excluding hydrogens is 430 g/mol. The Kier molecular flexibility index (Phi) is 5.76. The number of anilines is 1. The van der Waals surface area contributed by atoms with Crippen LogP contribution in [0.2, 0.25) is 0 Å². The fourth-order valence-corrected chi connectivity index (χ4v) is 4.67. The smallest absolute Gasteiger partial charge is 0.325 e. The summed E-state index contributed by atoms with van der Waals surface area (Å²) >= 11 is 0. The van der Waals surface area contributed by atoms with Crippen molar-refractivity contribution in [2.24, 2.45) is 0 Å². The van der Waals surface area contributed by atoms with E-state index in [-0.39, 0.29) is 12.5 Å². The summed E-state index contributed by atoms with van der Waals surface area (Å²) in [6.45, 7) is 0.102. The average Bonchev–Trinajstić information content (AvgIpc) is 3.09. The van der Waals surface area contributed by atoms with Crippen LogP contribution in [0.25, 0.3) is 0 Å². The Labute approximate surface area is 197 Å². The van der Waals surface area contributed by atoms with Crippen LogP contribution in [-0.4, -0.2) is 29.3 Å². The molecule has 1 heterocycles. The molecule has 34 heavy (non-hydrogen) atoms. The molecule has 7 nitrogen and oxygen atoms in total. The maximum Gasteiger partial charge on any atom is 0.325 e. The maximum absolute atomic E-state index is 13.3. The summed E-state index contributed by atoms with van der Waals surface area (Å²) in [5.41, 5.74) is 2.43. The second-order valence-corrected chi connectivity index (χ2v) is 8.58. The van der Waals surface area contributed by atoms with E-state index >= 15 is 0 Å². The monoisotopic (exact) mass is 455 g/mol. The van der Waals surface area contributed by atoms with Crippen molar-refractivity contribution in [3.05, 3.63) is 95.6 Å². The number of nitrogens with zero attached hydrogens (tertiary/aromatic N) is 1. The summed E-state index contributed by atoms with van der Waals surface area (Å²) in [4.78, 5) is 39.7. The van der Waals surface area contributed by atoms with Gasteiger partial charge in [0.1, 0.15) is 24.4 Å². The molecule has 3 aromatic rings. The Morgan fingerprint density at radius 1 is 0.971 bits per heavy atom. The molecule has 1 unspecified atom stereocenters. The van der Waals surface area contributed by atoms with Crippen molar-refractivity contribution in [2.75, 3.05) is 11.9 Å². The van der Waals surface area contributed by atoms with Crippen LogP contribution in [0.15, 0.2) is 78.9 Å². The van der Waals surface area contributed by atoms with Crippen LogP contribution in [0.1, 0.15) is 29.5 Å². The number of ether oxygens (including phenoxy) is 1. The number of imide groups is 1. The predicted molar refractivity (Wildman–Crippen MR) is 127 cm³/mol. The quantitative estimate of drug-likeness (QED) is 0.551. The highest BCUT2D eigenvalue weighted by Gasteiger charge is 2.54. The molecule has 1 aliphatic heterocycles. The highest BCUT2D eigenvalue weighted by atomic mass is 16.5. The normalized spacial score (nSPS) is 19.0. The minimum Gasteiger partial charge on any atom is -0.489 e. The first-order chi connectivity index (χ1) is 16.5. The molecule has 7 heteroatoms. The Morgan fingerprint density at radius 2 is 1.71 bits per heavy atom. The number of carbonyl (C=O) groups excluding carboxylic acids is 3. The van der Waals surface area contributed by atoms with Crippen LogP contribution in [0.4, 0.5) is 10.5 Å². The van der Waals surface area contributed by atoms with Gasteiger partial charge in [0.15, 0.2) is 0 Å². The van der Waals surface area contributed by atoms with E-state index in [9.17, 15) is 14.4 Å². The molecule has 0 aromatic heterocycles. The first-order valence-corrected chi connectivity index (χ1v) is 11.3. The molecule has 1 atom stereocenters. The summed E-state index contributed by atoms with van der Waals surface area (Å²) in [7, 11) is 0. The number of benzene rings is 3. The van der Waals surface area contributed by atoms with Gasteiger partial charge in [0.2, 0.25) is 5.91 Å². The van der Waals surface area contributed by atoms with Gasteiger partial charge in [-0.15, -0.1) is 0 Å². The SMILES string of the molecule is O=C(CN1C(=O)NC2(CCCc3ccccc32)C1=O)Nc1ccc(OCc2ccccc2)cc1. The molecule has 3 aromatic carbocycles. The maximum atomic E-state index is 13.3. The lowest BCUT2D eigenvalue weighted by atomic mass is 9.76. The summed E-state index contributed by atoms with van der Waals surface area (Å²) in [6.07, 6.45) is 2.19. The number of amides is 4. The van der Waals surface area contributed by atoms with Crippen LogP contribution in [0, 0.1) is 0 Å². The Morgan fingerprint density at radius 3 is 2.50 bits per heavy atom. The number of urea groups is 1. The molecule has 1 saturated heterocycles. The molecule has 172 valence electrons. The van der Waals surface area contributed by atoms with Crippen LogP contribution in [0.3, 0.4) is 0 Å². The molecule has 0 radical (unpaired) electrons. The van der Waals surface area contributed by atoms with E-state index in [0.29, 0.717) is 24.5 Å². The van der Waals surface area contributed by atoms with Crippen molar-refractivity contribution >= 4 is 23.5 Å². The van der Waals surface area contributed by atoms with Crippen molar-refractivity contribution in [1.29, 1.82) is 0 Å². The first kappa shape index (κ1) is 21.7. The van der Waals surface area contributed by atoms with E-state index in [2.05, 4.69) is 10.6 Å².